The molecule has 0 radical (unpaired) electrons. The summed E-state index contributed by atoms with van der Waals surface area (Å²) in [4.78, 5) is 7.92. The molecule has 29 heavy (non-hydrogen) atoms. The first-order valence-electron chi connectivity index (χ1n) is 9.53. The molecule has 1 N–H and O–H groups in total. The van der Waals surface area contributed by atoms with Crippen molar-refractivity contribution in [3.05, 3.63) is 58.4 Å². The monoisotopic (exact) mass is 419 g/mol. The zero-order valence-corrected chi connectivity index (χ0v) is 17.2. The number of ether oxygens (including phenoxy) is 1. The molecule has 3 aromatic rings. The predicted octanol–water partition coefficient (Wildman–Crippen LogP) is 3.60. The molecule has 6 nitrogen and oxygen atoms in total. The first-order valence-corrected chi connectivity index (χ1v) is 10.4. The topological polar surface area (TPSA) is 55.2 Å². The molecule has 0 saturated carbocycles. The molecular weight excluding hydrogens is 396 g/mol. The van der Waals surface area contributed by atoms with Crippen molar-refractivity contribution in [1.82, 2.24) is 20.1 Å². The van der Waals surface area contributed by atoms with Crippen LogP contribution in [0.4, 0.5) is 13.9 Å². The number of anilines is 1. The van der Waals surface area contributed by atoms with E-state index in [-0.39, 0.29) is 11.7 Å². The average molecular weight is 420 g/mol. The van der Waals surface area contributed by atoms with Crippen LogP contribution in [0.15, 0.2) is 30.6 Å². The predicted molar refractivity (Wildman–Crippen MR) is 109 cm³/mol. The molecule has 1 fully saturated rings. The summed E-state index contributed by atoms with van der Waals surface area (Å²) >= 11 is 1.68. The standard InChI is InChI=1S/C20H23F2N5OS/c1-13(23-10-16-11-24-20(29-16)26-5-7-28-8-6-26)17-12-25-27(14(17)2)19-4-3-15(21)9-18(19)22/h3-4,9,11-13,23H,5-8,10H2,1-2H3. The van der Waals surface area contributed by atoms with E-state index in [1.54, 1.807) is 17.5 Å². The minimum Gasteiger partial charge on any atom is -0.378 e. The number of halogens is 2. The Hall–Kier alpha value is -2.36. The highest BCUT2D eigenvalue weighted by atomic mass is 32.1. The molecule has 1 aromatic carbocycles. The summed E-state index contributed by atoms with van der Waals surface area (Å²) < 4.78 is 34.2. The van der Waals surface area contributed by atoms with E-state index in [0.717, 1.165) is 53.6 Å². The van der Waals surface area contributed by atoms with E-state index in [4.69, 9.17) is 4.74 Å². The maximum Gasteiger partial charge on any atom is 0.185 e. The summed E-state index contributed by atoms with van der Waals surface area (Å²) in [7, 11) is 0. The Morgan fingerprint density at radius 1 is 1.24 bits per heavy atom. The van der Waals surface area contributed by atoms with Gasteiger partial charge in [-0.1, -0.05) is 0 Å². The lowest BCUT2D eigenvalue weighted by Gasteiger charge is -2.26. The van der Waals surface area contributed by atoms with Crippen molar-refractivity contribution in [2.75, 3.05) is 31.2 Å². The summed E-state index contributed by atoms with van der Waals surface area (Å²) in [6.07, 6.45) is 3.63. The number of hydrogen-bond acceptors (Lipinski definition) is 6. The van der Waals surface area contributed by atoms with E-state index in [0.29, 0.717) is 6.54 Å². The van der Waals surface area contributed by atoms with Gasteiger partial charge in [0.2, 0.25) is 0 Å². The lowest BCUT2D eigenvalue weighted by atomic mass is 10.1. The summed E-state index contributed by atoms with van der Waals surface area (Å²) in [5.74, 6) is -1.24. The number of hydrogen-bond donors (Lipinski definition) is 1. The third-order valence-electron chi connectivity index (χ3n) is 5.06. The number of nitrogens with zero attached hydrogens (tertiary/aromatic N) is 4. The highest BCUT2D eigenvalue weighted by molar-refractivity contribution is 7.15. The van der Waals surface area contributed by atoms with Gasteiger partial charge >= 0.3 is 0 Å². The van der Waals surface area contributed by atoms with E-state index in [1.807, 2.05) is 20.0 Å². The van der Waals surface area contributed by atoms with E-state index < -0.39 is 11.6 Å². The largest absolute Gasteiger partial charge is 0.378 e. The molecule has 0 bridgehead atoms. The molecule has 1 saturated heterocycles. The second-order valence-electron chi connectivity index (χ2n) is 7.00. The van der Waals surface area contributed by atoms with Crippen LogP contribution in [-0.2, 0) is 11.3 Å². The summed E-state index contributed by atoms with van der Waals surface area (Å²) in [6.45, 7) is 7.82. The fourth-order valence-electron chi connectivity index (χ4n) is 3.39. The van der Waals surface area contributed by atoms with Gasteiger partial charge in [0, 0.05) is 54.1 Å². The van der Waals surface area contributed by atoms with Gasteiger partial charge in [-0.2, -0.15) is 5.10 Å². The summed E-state index contributed by atoms with van der Waals surface area (Å²) in [5.41, 5.74) is 2.01. The van der Waals surface area contributed by atoms with Crippen LogP contribution >= 0.6 is 11.3 Å². The average Bonchev–Trinajstić information content (AvgIpc) is 3.34. The van der Waals surface area contributed by atoms with Crippen LogP contribution < -0.4 is 10.2 Å². The maximum atomic E-state index is 14.1. The molecule has 154 valence electrons. The van der Waals surface area contributed by atoms with Crippen LogP contribution in [0.1, 0.15) is 29.1 Å². The van der Waals surface area contributed by atoms with Crippen molar-refractivity contribution in [2.45, 2.75) is 26.4 Å². The number of nitrogens with one attached hydrogen (secondary N) is 1. The van der Waals surface area contributed by atoms with Gasteiger partial charge in [-0.25, -0.2) is 18.4 Å². The maximum absolute atomic E-state index is 14.1. The minimum absolute atomic E-state index is 0.0150. The van der Waals surface area contributed by atoms with Crippen molar-refractivity contribution in [2.24, 2.45) is 0 Å². The number of aromatic nitrogens is 3. The fraction of sp³-hybridized carbons (Fsp3) is 0.400. The Bertz CT molecular complexity index is 983. The molecule has 0 spiro atoms. The molecule has 9 heteroatoms. The third kappa shape index (κ3) is 4.31. The normalized spacial score (nSPS) is 15.7. The quantitative estimate of drug-likeness (QED) is 0.662. The van der Waals surface area contributed by atoms with E-state index in [2.05, 4.69) is 20.3 Å². The smallest absolute Gasteiger partial charge is 0.185 e. The number of rotatable bonds is 6. The Kier molecular flexibility index (Phi) is 5.89. The van der Waals surface area contributed by atoms with E-state index >= 15 is 0 Å². The zero-order chi connectivity index (χ0) is 20.4. The van der Waals surface area contributed by atoms with Gasteiger partial charge in [0.1, 0.15) is 11.5 Å². The molecule has 1 aliphatic rings. The summed E-state index contributed by atoms with van der Waals surface area (Å²) in [5, 5.41) is 8.81. The molecule has 3 heterocycles. The van der Waals surface area contributed by atoms with Gasteiger partial charge in [0.25, 0.3) is 0 Å². The van der Waals surface area contributed by atoms with E-state index in [1.165, 1.54) is 16.8 Å². The molecule has 2 aromatic heterocycles. The zero-order valence-electron chi connectivity index (χ0n) is 16.4. The van der Waals surface area contributed by atoms with Gasteiger partial charge in [0.05, 0.1) is 19.4 Å². The second kappa shape index (κ2) is 8.56. The molecule has 1 unspecified atom stereocenters. The SMILES string of the molecule is Cc1c(C(C)NCc2cnc(N3CCOCC3)s2)cnn1-c1ccc(F)cc1F. The highest BCUT2D eigenvalue weighted by Gasteiger charge is 2.18. The number of morpholine rings is 1. The van der Waals surface area contributed by atoms with Gasteiger partial charge < -0.3 is 15.0 Å². The second-order valence-corrected chi connectivity index (χ2v) is 8.10. The minimum atomic E-state index is -0.635. The van der Waals surface area contributed by atoms with Crippen molar-refractivity contribution in [3.63, 3.8) is 0 Å². The highest BCUT2D eigenvalue weighted by Crippen LogP contribution is 2.25. The summed E-state index contributed by atoms with van der Waals surface area (Å²) in [6, 6.07) is 3.52. The van der Waals surface area contributed by atoms with Crippen LogP contribution in [0.25, 0.3) is 5.69 Å². The van der Waals surface area contributed by atoms with Crippen LogP contribution in [0.3, 0.4) is 0 Å². The first kappa shape index (κ1) is 19.9. The van der Waals surface area contributed by atoms with Crippen molar-refractivity contribution < 1.29 is 13.5 Å². The van der Waals surface area contributed by atoms with Crippen molar-refractivity contribution in [1.29, 1.82) is 0 Å². The first-order chi connectivity index (χ1) is 14.0. The Balaban J connectivity index is 1.42. The Morgan fingerprint density at radius 2 is 2.03 bits per heavy atom. The van der Waals surface area contributed by atoms with Crippen molar-refractivity contribution in [3.8, 4) is 5.69 Å². The molecular formula is C20H23F2N5OS. The number of benzene rings is 1. The molecule has 0 aliphatic carbocycles. The molecule has 1 atom stereocenters. The third-order valence-corrected chi connectivity index (χ3v) is 6.12. The molecule has 0 amide bonds. The van der Waals surface area contributed by atoms with Crippen LogP contribution in [0.2, 0.25) is 0 Å². The van der Waals surface area contributed by atoms with Crippen LogP contribution in [0, 0.1) is 18.6 Å². The molecule has 4 rings (SSSR count). The van der Waals surface area contributed by atoms with Crippen molar-refractivity contribution >= 4 is 16.5 Å². The lowest BCUT2D eigenvalue weighted by Crippen LogP contribution is -2.36. The van der Waals surface area contributed by atoms with E-state index in [9.17, 15) is 8.78 Å². The van der Waals surface area contributed by atoms with Crippen LogP contribution in [-0.4, -0.2) is 41.1 Å². The van der Waals surface area contributed by atoms with Gasteiger partial charge in [-0.05, 0) is 26.0 Å². The molecule has 1 aliphatic heterocycles. The lowest BCUT2D eigenvalue weighted by molar-refractivity contribution is 0.122. The fourth-order valence-corrected chi connectivity index (χ4v) is 4.30. The van der Waals surface area contributed by atoms with Crippen LogP contribution in [0.5, 0.6) is 0 Å². The van der Waals surface area contributed by atoms with Gasteiger partial charge in [-0.15, -0.1) is 11.3 Å². The Labute approximate surface area is 172 Å². The van der Waals surface area contributed by atoms with Gasteiger partial charge in [-0.3, -0.25) is 0 Å². The van der Waals surface area contributed by atoms with Gasteiger partial charge in [0.15, 0.2) is 10.9 Å². The number of thiazole rings is 1. The Morgan fingerprint density at radius 3 is 2.79 bits per heavy atom.